The van der Waals surface area contributed by atoms with Crippen molar-refractivity contribution in [2.45, 2.75) is 51.0 Å². The molecule has 0 aromatic carbocycles. The van der Waals surface area contributed by atoms with Gasteiger partial charge in [-0.1, -0.05) is 12.8 Å². The predicted molar refractivity (Wildman–Crippen MR) is 105 cm³/mol. The first kappa shape index (κ1) is 16.1. The van der Waals surface area contributed by atoms with Gasteiger partial charge in [-0.15, -0.1) is 0 Å². The number of fused-ring (bicyclic) bond motifs is 3. The lowest BCUT2D eigenvalue weighted by Crippen LogP contribution is -2.03. The fourth-order valence-electron chi connectivity index (χ4n) is 4.43. The molecule has 4 aromatic rings. The van der Waals surface area contributed by atoms with Crippen LogP contribution < -0.4 is 0 Å². The first-order valence-corrected chi connectivity index (χ1v) is 9.72. The Kier molecular flexibility index (Phi) is 3.93. The molecule has 1 N–H and O–H groups in total. The highest BCUT2D eigenvalue weighted by Gasteiger charge is 2.24. The molecule has 0 unspecified atom stereocenters. The number of nitrogens with zero attached hydrogens (tertiary/aromatic N) is 5. The summed E-state index contributed by atoms with van der Waals surface area (Å²) in [6.45, 7) is 0.770. The minimum absolute atomic E-state index is 0.560. The van der Waals surface area contributed by atoms with Crippen molar-refractivity contribution in [1.82, 2.24) is 24.3 Å². The van der Waals surface area contributed by atoms with Gasteiger partial charge in [0.05, 0.1) is 23.5 Å². The molecule has 136 valence electrons. The van der Waals surface area contributed by atoms with E-state index in [2.05, 4.69) is 44.0 Å². The van der Waals surface area contributed by atoms with E-state index in [1.807, 2.05) is 23.3 Å². The third kappa shape index (κ3) is 2.71. The van der Waals surface area contributed by atoms with Gasteiger partial charge in [0.25, 0.3) is 0 Å². The first-order valence-electron chi connectivity index (χ1n) is 9.72. The molecule has 6 heteroatoms. The van der Waals surface area contributed by atoms with E-state index < -0.39 is 0 Å². The smallest absolute Gasteiger partial charge is 0.139 e. The molecule has 0 bridgehead atoms. The molecule has 4 aromatic heterocycles. The lowest BCUT2D eigenvalue weighted by molar-refractivity contribution is 0.585. The summed E-state index contributed by atoms with van der Waals surface area (Å²) in [5, 5.41) is 15.6. The monoisotopic (exact) mass is 358 g/mol. The van der Waals surface area contributed by atoms with E-state index in [1.54, 1.807) is 0 Å². The summed E-state index contributed by atoms with van der Waals surface area (Å²) in [5.74, 6) is 0.591. The summed E-state index contributed by atoms with van der Waals surface area (Å²) in [6, 6.07) is 6.63. The number of aromatic amines is 1. The number of aromatic nitrogens is 5. The molecule has 4 heterocycles. The summed E-state index contributed by atoms with van der Waals surface area (Å²) in [7, 11) is 0. The van der Waals surface area contributed by atoms with Gasteiger partial charge in [-0.05, 0) is 37.3 Å². The van der Waals surface area contributed by atoms with Crippen LogP contribution in [0.2, 0.25) is 0 Å². The van der Waals surface area contributed by atoms with E-state index in [4.69, 9.17) is 5.26 Å². The molecule has 0 amide bonds. The van der Waals surface area contributed by atoms with E-state index in [1.165, 1.54) is 42.3 Å². The zero-order chi connectivity index (χ0) is 18.2. The Labute approximate surface area is 157 Å². The van der Waals surface area contributed by atoms with Crippen molar-refractivity contribution in [1.29, 1.82) is 5.26 Å². The van der Waals surface area contributed by atoms with Gasteiger partial charge >= 0.3 is 0 Å². The van der Waals surface area contributed by atoms with Crippen molar-refractivity contribution in [3.63, 3.8) is 0 Å². The van der Waals surface area contributed by atoms with Crippen LogP contribution in [0.15, 0.2) is 36.9 Å². The summed E-state index contributed by atoms with van der Waals surface area (Å²) in [4.78, 5) is 7.81. The van der Waals surface area contributed by atoms with Gasteiger partial charge in [-0.25, -0.2) is 4.98 Å². The van der Waals surface area contributed by atoms with Gasteiger partial charge in [0.15, 0.2) is 0 Å². The first-order chi connectivity index (χ1) is 13.3. The summed E-state index contributed by atoms with van der Waals surface area (Å²) in [5.41, 5.74) is 4.59. The van der Waals surface area contributed by atoms with E-state index >= 15 is 0 Å². The molecule has 0 atom stereocenters. The van der Waals surface area contributed by atoms with Crippen LogP contribution in [-0.4, -0.2) is 24.3 Å². The second-order valence-electron chi connectivity index (χ2n) is 7.41. The quantitative estimate of drug-likeness (QED) is 0.527. The number of hydrogen-bond acceptors (Lipinski definition) is 3. The van der Waals surface area contributed by atoms with Crippen molar-refractivity contribution in [2.75, 3.05) is 0 Å². The molecule has 0 aliphatic heterocycles. The van der Waals surface area contributed by atoms with Crippen LogP contribution in [0.1, 0.15) is 50.1 Å². The molecular weight excluding hydrogens is 336 g/mol. The van der Waals surface area contributed by atoms with Crippen LogP contribution in [0.5, 0.6) is 0 Å². The van der Waals surface area contributed by atoms with Crippen LogP contribution in [0.3, 0.4) is 0 Å². The Morgan fingerprint density at radius 3 is 3.00 bits per heavy atom. The minimum atomic E-state index is 0.560. The summed E-state index contributed by atoms with van der Waals surface area (Å²) < 4.78 is 4.34. The Bertz CT molecular complexity index is 1130. The van der Waals surface area contributed by atoms with Crippen molar-refractivity contribution in [2.24, 2.45) is 0 Å². The fraction of sp³-hybridized carbons (Fsp3) is 0.381. The van der Waals surface area contributed by atoms with Crippen LogP contribution in [0.25, 0.3) is 27.6 Å². The van der Waals surface area contributed by atoms with E-state index in [-0.39, 0.29) is 0 Å². The number of pyridine rings is 1. The van der Waals surface area contributed by atoms with Gasteiger partial charge < -0.3 is 9.55 Å². The number of H-pyrrole nitrogens is 1. The zero-order valence-corrected chi connectivity index (χ0v) is 15.2. The highest BCUT2D eigenvalue weighted by molar-refractivity contribution is 6.04. The van der Waals surface area contributed by atoms with Crippen molar-refractivity contribution in [3.8, 4) is 11.8 Å². The predicted octanol–water partition coefficient (Wildman–Crippen LogP) is 4.66. The van der Waals surface area contributed by atoms with E-state index in [0.717, 1.165) is 29.7 Å². The highest BCUT2D eigenvalue weighted by Crippen LogP contribution is 2.39. The summed E-state index contributed by atoms with van der Waals surface area (Å²) >= 11 is 0. The maximum Gasteiger partial charge on any atom is 0.139 e. The molecular formula is C21H22N6. The van der Waals surface area contributed by atoms with Gasteiger partial charge in [0, 0.05) is 48.0 Å². The molecule has 0 saturated heterocycles. The van der Waals surface area contributed by atoms with Crippen LogP contribution >= 0.6 is 0 Å². The average molecular weight is 358 g/mol. The number of nitriles is 1. The minimum Gasteiger partial charge on any atom is -0.346 e. The Balaban J connectivity index is 1.67. The number of unbranched alkanes of at least 4 members (excludes halogenated alkanes) is 1. The maximum absolute atomic E-state index is 8.76. The van der Waals surface area contributed by atoms with Gasteiger partial charge in [-0.2, -0.15) is 10.4 Å². The number of nitrogens with one attached hydrogen (secondary N) is 1. The number of aryl methyl sites for hydroxylation is 1. The van der Waals surface area contributed by atoms with Crippen LogP contribution in [0.4, 0.5) is 0 Å². The van der Waals surface area contributed by atoms with Crippen molar-refractivity contribution >= 4 is 21.9 Å². The van der Waals surface area contributed by atoms with E-state index in [9.17, 15) is 0 Å². The Morgan fingerprint density at radius 2 is 2.15 bits per heavy atom. The molecule has 6 nitrogen and oxygen atoms in total. The van der Waals surface area contributed by atoms with Crippen LogP contribution in [0, 0.1) is 11.3 Å². The normalized spacial score (nSPS) is 15.1. The maximum atomic E-state index is 8.76. The molecule has 1 aliphatic rings. The molecule has 1 fully saturated rings. The van der Waals surface area contributed by atoms with Crippen LogP contribution in [-0.2, 0) is 6.54 Å². The third-order valence-corrected chi connectivity index (χ3v) is 5.70. The van der Waals surface area contributed by atoms with Gasteiger partial charge in [0.1, 0.15) is 5.65 Å². The SMILES string of the molecule is N#CCCCn1cc(-n2c(C3CCCC3)cc3cnc4[nH]ccc4c32)cn1. The Morgan fingerprint density at radius 1 is 1.26 bits per heavy atom. The number of hydrogen-bond donors (Lipinski definition) is 1. The second kappa shape index (κ2) is 6.58. The largest absolute Gasteiger partial charge is 0.346 e. The standard InChI is InChI=1S/C21H22N6/c22-8-3-4-10-26-14-17(13-25-26)27-19(15-5-1-2-6-15)11-16-12-24-21-18(20(16)27)7-9-23-21/h7,9,11-15H,1-6,10H2,(H,23,24). The molecule has 0 radical (unpaired) electrons. The second-order valence-corrected chi connectivity index (χ2v) is 7.41. The fourth-order valence-corrected chi connectivity index (χ4v) is 4.43. The average Bonchev–Trinajstić information content (AvgIpc) is 3.44. The number of rotatable bonds is 5. The molecule has 27 heavy (non-hydrogen) atoms. The Hall–Kier alpha value is -3.07. The molecule has 0 spiro atoms. The lowest BCUT2D eigenvalue weighted by atomic mass is 10.0. The van der Waals surface area contributed by atoms with Gasteiger partial charge in [-0.3, -0.25) is 4.68 Å². The zero-order valence-electron chi connectivity index (χ0n) is 15.2. The molecule has 1 saturated carbocycles. The third-order valence-electron chi connectivity index (χ3n) is 5.70. The van der Waals surface area contributed by atoms with Crippen molar-refractivity contribution < 1.29 is 0 Å². The molecule has 1 aliphatic carbocycles. The van der Waals surface area contributed by atoms with E-state index in [0.29, 0.717) is 12.3 Å². The van der Waals surface area contributed by atoms with Gasteiger partial charge in [0.2, 0.25) is 0 Å². The molecule has 5 rings (SSSR count). The highest BCUT2D eigenvalue weighted by atomic mass is 15.3. The lowest BCUT2D eigenvalue weighted by Gasteiger charge is -2.14. The van der Waals surface area contributed by atoms with Crippen molar-refractivity contribution in [3.05, 3.63) is 42.6 Å². The topological polar surface area (TPSA) is 75.2 Å². The summed E-state index contributed by atoms with van der Waals surface area (Å²) in [6.07, 6.45) is 14.5.